The number of imide groups is 1. The van der Waals surface area contributed by atoms with Gasteiger partial charge in [-0.05, 0) is 11.1 Å². The maximum Gasteiger partial charge on any atom is 0.419 e. The van der Waals surface area contributed by atoms with Crippen molar-refractivity contribution in [2.24, 2.45) is 5.73 Å². The Labute approximate surface area is 151 Å². The molecule has 26 heavy (non-hydrogen) atoms. The molecule has 0 unspecified atom stereocenters. The van der Waals surface area contributed by atoms with E-state index in [-0.39, 0.29) is 26.2 Å². The maximum absolute atomic E-state index is 12.2. The Morgan fingerprint density at radius 2 is 1.19 bits per heavy atom. The van der Waals surface area contributed by atoms with Crippen LogP contribution in [0.4, 0.5) is 9.59 Å². The zero-order valence-electron chi connectivity index (χ0n) is 14.2. The van der Waals surface area contributed by atoms with E-state index in [9.17, 15) is 14.4 Å². The van der Waals surface area contributed by atoms with Crippen LogP contribution in [-0.2, 0) is 27.5 Å². The molecule has 7 nitrogen and oxygen atoms in total. The Morgan fingerprint density at radius 3 is 1.58 bits per heavy atom. The van der Waals surface area contributed by atoms with Gasteiger partial charge >= 0.3 is 12.2 Å². The highest BCUT2D eigenvalue weighted by atomic mass is 16.6. The second-order valence-electron chi connectivity index (χ2n) is 5.45. The smallest absolute Gasteiger partial charge is 0.419 e. The molecule has 0 atom stereocenters. The van der Waals surface area contributed by atoms with Crippen LogP contribution in [0.2, 0.25) is 0 Å². The molecular formula is C19H20N2O5. The van der Waals surface area contributed by atoms with Crippen molar-refractivity contribution in [1.82, 2.24) is 4.90 Å². The SMILES string of the molecule is NC(=O)CCN(C(=O)OCc1ccccc1)C(=O)OCc1ccccc1. The van der Waals surface area contributed by atoms with E-state index in [1.54, 1.807) is 24.3 Å². The van der Waals surface area contributed by atoms with Crippen LogP contribution in [0, 0.1) is 0 Å². The van der Waals surface area contributed by atoms with E-state index in [4.69, 9.17) is 15.2 Å². The van der Waals surface area contributed by atoms with Gasteiger partial charge in [-0.15, -0.1) is 0 Å². The predicted octanol–water partition coefficient (Wildman–Crippen LogP) is 2.84. The minimum Gasteiger partial charge on any atom is -0.444 e. The minimum absolute atomic E-state index is 0.00128. The second kappa shape index (κ2) is 9.83. The zero-order valence-corrected chi connectivity index (χ0v) is 14.2. The van der Waals surface area contributed by atoms with Crippen LogP contribution in [0.3, 0.4) is 0 Å². The van der Waals surface area contributed by atoms with Crippen LogP contribution in [-0.4, -0.2) is 29.5 Å². The Balaban J connectivity index is 1.95. The fourth-order valence-electron chi connectivity index (χ4n) is 2.07. The van der Waals surface area contributed by atoms with Gasteiger partial charge in [0.25, 0.3) is 0 Å². The lowest BCUT2D eigenvalue weighted by Gasteiger charge is -2.19. The van der Waals surface area contributed by atoms with Gasteiger partial charge in [0.05, 0.1) is 0 Å². The van der Waals surface area contributed by atoms with Crippen molar-refractivity contribution < 1.29 is 23.9 Å². The van der Waals surface area contributed by atoms with Crippen LogP contribution < -0.4 is 5.73 Å². The molecule has 2 N–H and O–H groups in total. The van der Waals surface area contributed by atoms with Gasteiger partial charge in [0.15, 0.2) is 0 Å². The number of nitrogens with two attached hydrogens (primary N) is 1. The van der Waals surface area contributed by atoms with Gasteiger partial charge < -0.3 is 15.2 Å². The van der Waals surface area contributed by atoms with Crippen molar-refractivity contribution in [3.8, 4) is 0 Å². The van der Waals surface area contributed by atoms with Crippen LogP contribution in [0.15, 0.2) is 60.7 Å². The average molecular weight is 356 g/mol. The summed E-state index contributed by atoms with van der Waals surface area (Å²) in [5.74, 6) is -0.637. The van der Waals surface area contributed by atoms with Crippen molar-refractivity contribution in [1.29, 1.82) is 0 Å². The largest absolute Gasteiger partial charge is 0.444 e. The third-order valence-electron chi connectivity index (χ3n) is 3.43. The molecule has 0 spiro atoms. The zero-order chi connectivity index (χ0) is 18.8. The number of amides is 3. The van der Waals surface area contributed by atoms with Gasteiger partial charge in [-0.2, -0.15) is 0 Å². The summed E-state index contributed by atoms with van der Waals surface area (Å²) in [5.41, 5.74) is 6.64. The third kappa shape index (κ3) is 6.27. The first-order valence-corrected chi connectivity index (χ1v) is 8.03. The molecule has 7 heteroatoms. The van der Waals surface area contributed by atoms with Gasteiger partial charge in [-0.25, -0.2) is 14.5 Å². The van der Waals surface area contributed by atoms with Crippen molar-refractivity contribution >= 4 is 18.1 Å². The lowest BCUT2D eigenvalue weighted by atomic mass is 10.2. The molecule has 0 aliphatic rings. The first kappa shape index (κ1) is 19.0. The molecule has 3 amide bonds. The quantitative estimate of drug-likeness (QED) is 0.822. The molecule has 0 aliphatic carbocycles. The van der Waals surface area contributed by atoms with E-state index in [2.05, 4.69) is 0 Å². The van der Waals surface area contributed by atoms with Crippen molar-refractivity contribution in [3.63, 3.8) is 0 Å². The highest BCUT2D eigenvalue weighted by Crippen LogP contribution is 2.08. The Bertz CT molecular complexity index is 679. The van der Waals surface area contributed by atoms with E-state index in [0.29, 0.717) is 0 Å². The summed E-state index contributed by atoms with van der Waals surface area (Å²) in [6.07, 6.45) is -1.97. The first-order valence-electron chi connectivity index (χ1n) is 8.03. The highest BCUT2D eigenvalue weighted by Gasteiger charge is 2.25. The molecule has 0 radical (unpaired) electrons. The van der Waals surface area contributed by atoms with Crippen LogP contribution in [0.5, 0.6) is 0 Å². The topological polar surface area (TPSA) is 98.9 Å². The molecule has 2 rings (SSSR count). The van der Waals surface area contributed by atoms with E-state index in [1.807, 2.05) is 36.4 Å². The summed E-state index contributed by atoms with van der Waals surface area (Å²) >= 11 is 0. The fourth-order valence-corrected chi connectivity index (χ4v) is 2.07. The molecule has 0 aromatic heterocycles. The predicted molar refractivity (Wildman–Crippen MR) is 93.8 cm³/mol. The standard InChI is InChI=1S/C19H20N2O5/c20-17(22)11-12-21(18(23)25-13-15-7-3-1-4-8-15)19(24)26-14-16-9-5-2-6-10-16/h1-10H,11-14H2,(H2,20,22). The van der Waals surface area contributed by atoms with Gasteiger partial charge in [0, 0.05) is 13.0 Å². The molecule has 136 valence electrons. The van der Waals surface area contributed by atoms with E-state index in [1.165, 1.54) is 0 Å². The number of benzene rings is 2. The Hall–Kier alpha value is -3.35. The normalized spacial score (nSPS) is 10.0. The molecule has 2 aromatic rings. The van der Waals surface area contributed by atoms with Gasteiger partial charge in [0.1, 0.15) is 13.2 Å². The lowest BCUT2D eigenvalue weighted by molar-refractivity contribution is -0.118. The van der Waals surface area contributed by atoms with E-state index in [0.717, 1.165) is 16.0 Å². The summed E-state index contributed by atoms with van der Waals surface area (Å²) in [6, 6.07) is 18.1. The van der Waals surface area contributed by atoms with Crippen molar-refractivity contribution in [2.45, 2.75) is 19.6 Å². The lowest BCUT2D eigenvalue weighted by Crippen LogP contribution is -2.39. The molecule has 0 fully saturated rings. The Morgan fingerprint density at radius 1 is 0.769 bits per heavy atom. The summed E-state index contributed by atoms with van der Waals surface area (Å²) in [7, 11) is 0. The number of hydrogen-bond donors (Lipinski definition) is 1. The third-order valence-corrected chi connectivity index (χ3v) is 3.43. The molecule has 2 aromatic carbocycles. The molecule has 0 heterocycles. The van der Waals surface area contributed by atoms with Crippen molar-refractivity contribution in [2.75, 3.05) is 6.54 Å². The summed E-state index contributed by atoms with van der Waals surface area (Å²) in [4.78, 5) is 36.2. The molecule has 0 saturated heterocycles. The average Bonchev–Trinajstić information content (AvgIpc) is 2.66. The number of ether oxygens (including phenoxy) is 2. The Kier molecular flexibility index (Phi) is 7.17. The molecule has 0 aliphatic heterocycles. The first-order chi connectivity index (χ1) is 12.6. The number of nitrogens with zero attached hydrogens (tertiary/aromatic N) is 1. The van der Waals surface area contributed by atoms with Crippen molar-refractivity contribution in [3.05, 3.63) is 71.8 Å². The number of carbonyl (C=O) groups excluding carboxylic acids is 3. The van der Waals surface area contributed by atoms with Crippen LogP contribution in [0.1, 0.15) is 17.5 Å². The molecular weight excluding hydrogens is 336 g/mol. The van der Waals surface area contributed by atoms with E-state index >= 15 is 0 Å². The summed E-state index contributed by atoms with van der Waals surface area (Å²) in [6.45, 7) is -0.214. The number of carbonyl (C=O) groups is 3. The highest BCUT2D eigenvalue weighted by molar-refractivity contribution is 5.88. The monoisotopic (exact) mass is 356 g/mol. The number of primary amides is 1. The van der Waals surface area contributed by atoms with Gasteiger partial charge in [-0.3, -0.25) is 4.79 Å². The van der Waals surface area contributed by atoms with Crippen LogP contribution >= 0.6 is 0 Å². The van der Waals surface area contributed by atoms with E-state index < -0.39 is 18.1 Å². The van der Waals surface area contributed by atoms with Gasteiger partial charge in [-0.1, -0.05) is 60.7 Å². The summed E-state index contributed by atoms with van der Waals surface area (Å²) in [5, 5.41) is 0. The fraction of sp³-hybridized carbons (Fsp3) is 0.211. The number of hydrogen-bond acceptors (Lipinski definition) is 5. The summed E-state index contributed by atoms with van der Waals surface area (Å²) < 4.78 is 10.3. The van der Waals surface area contributed by atoms with Crippen LogP contribution in [0.25, 0.3) is 0 Å². The maximum atomic E-state index is 12.2. The minimum atomic E-state index is -0.895. The molecule has 0 bridgehead atoms. The second-order valence-corrected chi connectivity index (χ2v) is 5.45. The van der Waals surface area contributed by atoms with Gasteiger partial charge in [0.2, 0.25) is 5.91 Å². The number of rotatable bonds is 7. The molecule has 0 saturated carbocycles.